The third-order valence-electron chi connectivity index (χ3n) is 2.61. The van der Waals surface area contributed by atoms with E-state index >= 15 is 0 Å². The lowest BCUT2D eigenvalue weighted by Crippen LogP contribution is -2.32. The van der Waals surface area contributed by atoms with Gasteiger partial charge in [-0.3, -0.25) is 0 Å². The van der Waals surface area contributed by atoms with Crippen LogP contribution in [0.4, 0.5) is 24.8 Å². The Labute approximate surface area is 110 Å². The topological polar surface area (TPSA) is 57.2 Å². The molecule has 7 heteroatoms. The number of anilines is 2. The second kappa shape index (κ2) is 5.64. The highest BCUT2D eigenvalue weighted by Crippen LogP contribution is 2.32. The molecule has 0 aliphatic heterocycles. The molecule has 3 N–H and O–H groups in total. The van der Waals surface area contributed by atoms with Crippen LogP contribution >= 0.6 is 0 Å². The molecule has 0 aliphatic carbocycles. The van der Waals surface area contributed by atoms with Gasteiger partial charge in [-0.15, -0.1) is 0 Å². The third kappa shape index (κ3) is 4.59. The molecule has 0 aromatic carbocycles. The predicted octanol–water partition coefficient (Wildman–Crippen LogP) is 2.72. The fraction of sp³-hybridized carbons (Fsp3) is 0.583. The minimum atomic E-state index is -4.42. The van der Waals surface area contributed by atoms with Crippen LogP contribution in [-0.2, 0) is 6.18 Å². The van der Waals surface area contributed by atoms with Gasteiger partial charge in [0.1, 0.15) is 11.6 Å². The molecule has 0 atom stereocenters. The quantitative estimate of drug-likeness (QED) is 0.774. The molecule has 1 aromatic heterocycles. The number of aliphatic hydroxyl groups excluding tert-OH is 1. The number of alkyl halides is 3. The van der Waals surface area contributed by atoms with Crippen molar-refractivity contribution >= 4 is 11.6 Å². The summed E-state index contributed by atoms with van der Waals surface area (Å²) in [7, 11) is 1.51. The Bertz CT molecular complexity index is 433. The Hall–Kier alpha value is -1.50. The first kappa shape index (κ1) is 15.6. The van der Waals surface area contributed by atoms with Crippen molar-refractivity contribution in [2.45, 2.75) is 32.0 Å². The predicted molar refractivity (Wildman–Crippen MR) is 68.2 cm³/mol. The molecule has 1 heterocycles. The van der Waals surface area contributed by atoms with Crippen LogP contribution in [0.3, 0.4) is 0 Å². The molecule has 1 aromatic rings. The molecule has 0 saturated carbocycles. The number of rotatable bonds is 5. The van der Waals surface area contributed by atoms with Gasteiger partial charge >= 0.3 is 6.18 Å². The van der Waals surface area contributed by atoms with Gasteiger partial charge in [0.15, 0.2) is 0 Å². The maximum atomic E-state index is 12.7. The van der Waals surface area contributed by atoms with E-state index in [0.717, 1.165) is 12.1 Å². The van der Waals surface area contributed by atoms with E-state index in [9.17, 15) is 13.2 Å². The van der Waals surface area contributed by atoms with Crippen LogP contribution in [0.15, 0.2) is 12.1 Å². The number of nitrogens with one attached hydrogen (secondary N) is 2. The molecule has 108 valence electrons. The van der Waals surface area contributed by atoms with Crippen LogP contribution in [0.5, 0.6) is 0 Å². The molecule has 1 rings (SSSR count). The molecule has 0 fully saturated rings. The summed E-state index contributed by atoms with van der Waals surface area (Å²) in [6.07, 6.45) is -4.02. The average molecular weight is 277 g/mol. The van der Waals surface area contributed by atoms with Gasteiger partial charge in [0.2, 0.25) is 0 Å². The van der Waals surface area contributed by atoms with Crippen LogP contribution in [0.2, 0.25) is 0 Å². The maximum Gasteiger partial charge on any atom is 0.416 e. The molecular formula is C12H18F3N3O. The summed E-state index contributed by atoms with van der Waals surface area (Å²) in [5.41, 5.74) is -1.31. The number of pyridine rings is 1. The number of hydrogen-bond donors (Lipinski definition) is 3. The smallest absolute Gasteiger partial charge is 0.396 e. The molecule has 19 heavy (non-hydrogen) atoms. The van der Waals surface area contributed by atoms with Gasteiger partial charge in [0.05, 0.1) is 5.56 Å². The van der Waals surface area contributed by atoms with E-state index in [-0.39, 0.29) is 18.2 Å². The van der Waals surface area contributed by atoms with Crippen LogP contribution < -0.4 is 10.6 Å². The zero-order valence-corrected chi connectivity index (χ0v) is 11.1. The lowest BCUT2D eigenvalue weighted by atomic mass is 10.0. The molecular weight excluding hydrogens is 259 g/mol. The SMILES string of the molecule is CNc1cc(C(F)(F)F)cc(NC(C)(C)CCO)n1. The molecule has 0 radical (unpaired) electrons. The highest BCUT2D eigenvalue weighted by molar-refractivity contribution is 5.50. The van der Waals surface area contributed by atoms with Gasteiger partial charge in [0, 0.05) is 19.2 Å². The van der Waals surface area contributed by atoms with Crippen LogP contribution in [0.25, 0.3) is 0 Å². The molecule has 4 nitrogen and oxygen atoms in total. The van der Waals surface area contributed by atoms with E-state index in [2.05, 4.69) is 15.6 Å². The van der Waals surface area contributed by atoms with E-state index in [1.54, 1.807) is 13.8 Å². The molecule has 0 saturated heterocycles. The van der Waals surface area contributed by atoms with E-state index in [0.29, 0.717) is 6.42 Å². The van der Waals surface area contributed by atoms with Gasteiger partial charge in [-0.2, -0.15) is 13.2 Å². The van der Waals surface area contributed by atoms with Gasteiger partial charge in [0.25, 0.3) is 0 Å². The van der Waals surface area contributed by atoms with E-state index in [4.69, 9.17) is 5.11 Å². The first-order valence-corrected chi connectivity index (χ1v) is 5.84. The van der Waals surface area contributed by atoms with Crippen molar-refractivity contribution in [2.24, 2.45) is 0 Å². The zero-order valence-electron chi connectivity index (χ0n) is 11.1. The highest BCUT2D eigenvalue weighted by Gasteiger charge is 2.32. The number of hydrogen-bond acceptors (Lipinski definition) is 4. The largest absolute Gasteiger partial charge is 0.416 e. The monoisotopic (exact) mass is 277 g/mol. The van der Waals surface area contributed by atoms with Crippen molar-refractivity contribution < 1.29 is 18.3 Å². The van der Waals surface area contributed by atoms with E-state index in [1.165, 1.54) is 7.05 Å². The maximum absolute atomic E-state index is 12.7. The summed E-state index contributed by atoms with van der Waals surface area (Å²) in [4.78, 5) is 4.03. The fourth-order valence-corrected chi connectivity index (χ4v) is 1.58. The van der Waals surface area contributed by atoms with Crippen molar-refractivity contribution in [1.29, 1.82) is 0 Å². The van der Waals surface area contributed by atoms with Crippen LogP contribution in [0.1, 0.15) is 25.8 Å². The van der Waals surface area contributed by atoms with Crippen molar-refractivity contribution in [3.05, 3.63) is 17.7 Å². The van der Waals surface area contributed by atoms with E-state index < -0.39 is 17.3 Å². The highest BCUT2D eigenvalue weighted by atomic mass is 19.4. The van der Waals surface area contributed by atoms with Gasteiger partial charge in [-0.25, -0.2) is 4.98 Å². The molecule has 0 unspecified atom stereocenters. The van der Waals surface area contributed by atoms with E-state index in [1.807, 2.05) is 0 Å². The van der Waals surface area contributed by atoms with Gasteiger partial charge in [-0.05, 0) is 32.4 Å². The summed E-state index contributed by atoms with van der Waals surface area (Å²) < 4.78 is 38.2. The van der Waals surface area contributed by atoms with Gasteiger partial charge < -0.3 is 15.7 Å². The summed E-state index contributed by atoms with van der Waals surface area (Å²) >= 11 is 0. The van der Waals surface area contributed by atoms with Crippen molar-refractivity contribution in [3.8, 4) is 0 Å². The second-order valence-electron chi connectivity index (χ2n) is 4.86. The minimum absolute atomic E-state index is 0.0577. The van der Waals surface area contributed by atoms with Crippen LogP contribution in [-0.4, -0.2) is 29.3 Å². The second-order valence-corrected chi connectivity index (χ2v) is 4.86. The molecule has 0 spiro atoms. The summed E-state index contributed by atoms with van der Waals surface area (Å²) in [6.45, 7) is 3.51. The third-order valence-corrected chi connectivity index (χ3v) is 2.61. The molecule has 0 aliphatic rings. The van der Waals surface area contributed by atoms with Gasteiger partial charge in [-0.1, -0.05) is 0 Å². The Kier molecular flexibility index (Phi) is 4.62. The number of halogens is 3. The molecule has 0 bridgehead atoms. The number of aromatic nitrogens is 1. The fourth-order valence-electron chi connectivity index (χ4n) is 1.58. The Morgan fingerprint density at radius 1 is 1.21 bits per heavy atom. The van der Waals surface area contributed by atoms with Crippen molar-refractivity contribution in [3.63, 3.8) is 0 Å². The first-order valence-electron chi connectivity index (χ1n) is 5.84. The first-order chi connectivity index (χ1) is 8.68. The van der Waals surface area contributed by atoms with Crippen molar-refractivity contribution in [1.82, 2.24) is 4.98 Å². The lowest BCUT2D eigenvalue weighted by Gasteiger charge is -2.26. The standard InChI is InChI=1S/C12H18F3N3O/c1-11(2,4-5-19)18-10-7-8(12(13,14)15)6-9(16-3)17-10/h6-7,19H,4-5H2,1-3H3,(H2,16,17,18). The normalized spacial score (nSPS) is 12.4. The van der Waals surface area contributed by atoms with Crippen LogP contribution in [0, 0.1) is 0 Å². The minimum Gasteiger partial charge on any atom is -0.396 e. The summed E-state index contributed by atoms with van der Waals surface area (Å²) in [6, 6.07) is 1.91. The zero-order chi connectivity index (χ0) is 14.7. The number of aliphatic hydroxyl groups is 1. The Morgan fingerprint density at radius 2 is 1.79 bits per heavy atom. The molecule has 0 amide bonds. The lowest BCUT2D eigenvalue weighted by molar-refractivity contribution is -0.137. The Morgan fingerprint density at radius 3 is 2.26 bits per heavy atom. The Balaban J connectivity index is 3.07. The summed E-state index contributed by atoms with van der Waals surface area (Å²) in [5.74, 6) is 0.259. The number of nitrogens with zero attached hydrogens (tertiary/aromatic N) is 1. The van der Waals surface area contributed by atoms with Crippen molar-refractivity contribution in [2.75, 3.05) is 24.3 Å². The average Bonchev–Trinajstić information content (AvgIpc) is 2.26. The summed E-state index contributed by atoms with van der Waals surface area (Å²) in [5, 5.41) is 14.4.